The third kappa shape index (κ3) is 2.40. The molecule has 64 valence electrons. The quantitative estimate of drug-likeness (QED) is 0.678. The molecule has 0 saturated carbocycles. The van der Waals surface area contributed by atoms with Gasteiger partial charge in [-0.3, -0.25) is 0 Å². The fraction of sp³-hybridized carbons (Fsp3) is 0.429. The second-order valence-corrected chi connectivity index (χ2v) is 2.36. The molecule has 0 aromatic carbocycles. The van der Waals surface area contributed by atoms with Crippen LogP contribution in [0.2, 0.25) is 0 Å². The van der Waals surface area contributed by atoms with Crippen LogP contribution in [0.5, 0.6) is 0 Å². The summed E-state index contributed by atoms with van der Waals surface area (Å²) in [6.07, 6.45) is 7.50. The van der Waals surface area contributed by atoms with E-state index in [1.165, 1.54) is 0 Å². The maximum atomic E-state index is 5.66. The van der Waals surface area contributed by atoms with Crippen LogP contribution < -0.4 is 5.32 Å². The summed E-state index contributed by atoms with van der Waals surface area (Å²) in [6.45, 7) is 0. The van der Waals surface area contributed by atoms with E-state index in [1.807, 2.05) is 24.4 Å². The summed E-state index contributed by atoms with van der Waals surface area (Å²) in [4.78, 5) is 0. The summed E-state index contributed by atoms with van der Waals surface area (Å²) in [7, 11) is 1.62. The highest BCUT2D eigenvalue weighted by atomic mass is 35.5. The summed E-state index contributed by atoms with van der Waals surface area (Å²) in [5, 5.41) is 3.01. The Kier molecular flexibility index (Phi) is 4.57. The molecule has 1 rings (SSSR count). The minimum absolute atomic E-state index is 0. The Balaban J connectivity index is 0.000001000. The Labute approximate surface area is 77.7 Å². The van der Waals surface area contributed by atoms with E-state index in [0.29, 0.717) is 5.88 Å². The summed E-state index contributed by atoms with van der Waals surface area (Å²) >= 11 is 5.66. The first-order valence-electron chi connectivity index (χ1n) is 3.06. The monoisotopic (exact) mass is 195 g/mol. The van der Waals surface area contributed by atoms with Gasteiger partial charge in [0.15, 0.2) is 5.72 Å². The molecule has 0 bridgehead atoms. The van der Waals surface area contributed by atoms with Crippen LogP contribution >= 0.6 is 24.0 Å². The van der Waals surface area contributed by atoms with Crippen molar-refractivity contribution in [1.29, 1.82) is 0 Å². The van der Waals surface area contributed by atoms with E-state index in [1.54, 1.807) is 7.11 Å². The summed E-state index contributed by atoms with van der Waals surface area (Å²) in [5.74, 6) is 0.407. The van der Waals surface area contributed by atoms with Gasteiger partial charge < -0.3 is 10.1 Å². The predicted molar refractivity (Wildman–Crippen MR) is 49.1 cm³/mol. The first-order chi connectivity index (χ1) is 4.83. The lowest BCUT2D eigenvalue weighted by atomic mass is 10.2. The Morgan fingerprint density at radius 1 is 1.55 bits per heavy atom. The van der Waals surface area contributed by atoms with Gasteiger partial charge in [0.05, 0.1) is 5.88 Å². The van der Waals surface area contributed by atoms with Gasteiger partial charge in [0.25, 0.3) is 0 Å². The van der Waals surface area contributed by atoms with Crippen molar-refractivity contribution in [2.24, 2.45) is 0 Å². The lowest BCUT2D eigenvalue weighted by molar-refractivity contribution is 0.0328. The molecule has 1 atom stereocenters. The van der Waals surface area contributed by atoms with E-state index in [-0.39, 0.29) is 12.4 Å². The van der Waals surface area contributed by atoms with E-state index in [0.717, 1.165) is 0 Å². The van der Waals surface area contributed by atoms with Crippen LogP contribution in [-0.2, 0) is 4.74 Å². The van der Waals surface area contributed by atoms with Crippen molar-refractivity contribution in [3.05, 3.63) is 24.4 Å². The Morgan fingerprint density at radius 3 is 2.55 bits per heavy atom. The molecule has 0 radical (unpaired) electrons. The van der Waals surface area contributed by atoms with Crippen molar-refractivity contribution in [3.63, 3.8) is 0 Å². The average molecular weight is 196 g/mol. The summed E-state index contributed by atoms with van der Waals surface area (Å²) < 4.78 is 5.15. The van der Waals surface area contributed by atoms with Crippen LogP contribution in [0, 0.1) is 0 Å². The first-order valence-corrected chi connectivity index (χ1v) is 3.60. The average Bonchev–Trinajstić information content (AvgIpc) is 2.06. The molecule has 0 spiro atoms. The maximum Gasteiger partial charge on any atom is 0.171 e. The van der Waals surface area contributed by atoms with Gasteiger partial charge in [0, 0.05) is 7.11 Å². The molecule has 0 aliphatic carbocycles. The molecule has 0 aromatic heterocycles. The summed E-state index contributed by atoms with van der Waals surface area (Å²) in [6, 6.07) is 0. The number of rotatable bonds is 2. The van der Waals surface area contributed by atoms with Crippen LogP contribution in [0.3, 0.4) is 0 Å². The zero-order valence-electron chi connectivity index (χ0n) is 6.21. The van der Waals surface area contributed by atoms with Gasteiger partial charge in [-0.05, 0) is 18.4 Å². The van der Waals surface area contributed by atoms with E-state index in [4.69, 9.17) is 16.3 Å². The molecular formula is C7H11Cl2NO. The van der Waals surface area contributed by atoms with E-state index in [9.17, 15) is 0 Å². The van der Waals surface area contributed by atoms with Crippen LogP contribution in [0.4, 0.5) is 0 Å². The van der Waals surface area contributed by atoms with E-state index in [2.05, 4.69) is 5.32 Å². The van der Waals surface area contributed by atoms with Crippen molar-refractivity contribution in [1.82, 2.24) is 5.32 Å². The molecule has 1 unspecified atom stereocenters. The Hall–Kier alpha value is -0.180. The fourth-order valence-electron chi connectivity index (χ4n) is 0.768. The molecule has 1 heterocycles. The number of nitrogens with one attached hydrogen (secondary N) is 1. The molecule has 4 heteroatoms. The number of ether oxygens (including phenoxy) is 1. The lowest BCUT2D eigenvalue weighted by Crippen LogP contribution is -2.45. The summed E-state index contributed by atoms with van der Waals surface area (Å²) in [5.41, 5.74) is -0.490. The molecule has 1 N–H and O–H groups in total. The van der Waals surface area contributed by atoms with Crippen molar-refractivity contribution < 1.29 is 4.74 Å². The second-order valence-electron chi connectivity index (χ2n) is 2.09. The predicted octanol–water partition coefficient (Wildman–Crippen LogP) is 1.66. The van der Waals surface area contributed by atoms with E-state index < -0.39 is 5.72 Å². The Morgan fingerprint density at radius 2 is 2.27 bits per heavy atom. The highest BCUT2D eigenvalue weighted by Crippen LogP contribution is 2.13. The van der Waals surface area contributed by atoms with E-state index >= 15 is 0 Å². The van der Waals surface area contributed by atoms with Gasteiger partial charge in [-0.1, -0.05) is 6.08 Å². The molecule has 0 amide bonds. The normalized spacial score (nSPS) is 27.5. The number of halogens is 2. The van der Waals surface area contributed by atoms with Gasteiger partial charge in [0.1, 0.15) is 0 Å². The van der Waals surface area contributed by atoms with Gasteiger partial charge in [-0.15, -0.1) is 24.0 Å². The zero-order valence-corrected chi connectivity index (χ0v) is 7.78. The van der Waals surface area contributed by atoms with Crippen molar-refractivity contribution in [3.8, 4) is 0 Å². The van der Waals surface area contributed by atoms with Crippen molar-refractivity contribution in [2.45, 2.75) is 5.72 Å². The second kappa shape index (κ2) is 4.65. The highest BCUT2D eigenvalue weighted by molar-refractivity contribution is 6.18. The number of methoxy groups -OCH3 is 1. The maximum absolute atomic E-state index is 5.66. The highest BCUT2D eigenvalue weighted by Gasteiger charge is 2.24. The minimum atomic E-state index is -0.490. The lowest BCUT2D eigenvalue weighted by Gasteiger charge is -2.28. The fourth-order valence-corrected chi connectivity index (χ4v) is 1.04. The largest absolute Gasteiger partial charge is 0.360 e. The molecule has 1 aliphatic rings. The third-order valence-electron chi connectivity index (χ3n) is 1.46. The molecular weight excluding hydrogens is 185 g/mol. The topological polar surface area (TPSA) is 21.3 Å². The molecule has 0 aromatic rings. The minimum Gasteiger partial charge on any atom is -0.360 e. The number of allylic oxidation sites excluding steroid dienone is 2. The molecule has 1 aliphatic heterocycles. The molecule has 2 nitrogen and oxygen atoms in total. The molecule has 11 heavy (non-hydrogen) atoms. The number of dihydropyridines is 1. The van der Waals surface area contributed by atoms with Gasteiger partial charge in [0.2, 0.25) is 0 Å². The standard InChI is InChI=1S/C7H10ClNO.ClH/c1-10-7(6-8)4-2-3-5-9-7;/h2-5,9H,6H2,1H3;1H. The molecule has 0 saturated heterocycles. The van der Waals surface area contributed by atoms with Crippen molar-refractivity contribution >= 4 is 24.0 Å². The van der Waals surface area contributed by atoms with Gasteiger partial charge in [-0.25, -0.2) is 0 Å². The van der Waals surface area contributed by atoms with Crippen LogP contribution in [-0.4, -0.2) is 18.7 Å². The third-order valence-corrected chi connectivity index (χ3v) is 1.86. The first kappa shape index (κ1) is 10.8. The van der Waals surface area contributed by atoms with Gasteiger partial charge >= 0.3 is 0 Å². The Bertz CT molecular complexity index is 164. The smallest absolute Gasteiger partial charge is 0.171 e. The number of hydrogen-bond donors (Lipinski definition) is 1. The van der Waals surface area contributed by atoms with Crippen LogP contribution in [0.1, 0.15) is 0 Å². The van der Waals surface area contributed by atoms with Crippen LogP contribution in [0.25, 0.3) is 0 Å². The zero-order chi connectivity index (χ0) is 7.45. The van der Waals surface area contributed by atoms with Gasteiger partial charge in [-0.2, -0.15) is 0 Å². The number of hydrogen-bond acceptors (Lipinski definition) is 2. The van der Waals surface area contributed by atoms with Crippen molar-refractivity contribution in [2.75, 3.05) is 13.0 Å². The molecule has 0 fully saturated rings. The number of alkyl halides is 1. The van der Waals surface area contributed by atoms with Crippen LogP contribution in [0.15, 0.2) is 24.4 Å². The SMILES string of the molecule is COC1(CCl)C=CC=CN1.Cl.